The van der Waals surface area contributed by atoms with Crippen LogP contribution in [0.5, 0.6) is 0 Å². The summed E-state index contributed by atoms with van der Waals surface area (Å²) in [4.78, 5) is 39.1. The standard InChI is InChI=1S/C17H32N4O4/c1-12(14(22)19-15(23)18-5)21-9-7-8-13(11-21)10-20(6)16(24)25-17(2,3)4/h12-13H,7-11H2,1-6H3,(H2,18,19,22,23). The van der Waals surface area contributed by atoms with E-state index in [0.717, 1.165) is 19.4 Å². The lowest BCUT2D eigenvalue weighted by Crippen LogP contribution is -2.52. The summed E-state index contributed by atoms with van der Waals surface area (Å²) < 4.78 is 5.37. The molecule has 0 spiro atoms. The van der Waals surface area contributed by atoms with Gasteiger partial charge in [-0.1, -0.05) is 0 Å². The zero-order valence-corrected chi connectivity index (χ0v) is 16.2. The van der Waals surface area contributed by atoms with E-state index in [2.05, 4.69) is 15.5 Å². The number of piperidine rings is 1. The Morgan fingerprint density at radius 2 is 1.96 bits per heavy atom. The summed E-state index contributed by atoms with van der Waals surface area (Å²) in [6.45, 7) is 9.40. The molecular weight excluding hydrogens is 324 g/mol. The van der Waals surface area contributed by atoms with Gasteiger partial charge in [0.2, 0.25) is 5.91 Å². The summed E-state index contributed by atoms with van der Waals surface area (Å²) in [6, 6.07) is -0.901. The Kier molecular flexibility index (Phi) is 7.66. The predicted octanol–water partition coefficient (Wildman–Crippen LogP) is 1.41. The van der Waals surface area contributed by atoms with Gasteiger partial charge >= 0.3 is 12.1 Å². The fraction of sp³-hybridized carbons (Fsp3) is 0.824. The van der Waals surface area contributed by atoms with Gasteiger partial charge in [-0.15, -0.1) is 0 Å². The molecular formula is C17H32N4O4. The van der Waals surface area contributed by atoms with Gasteiger partial charge in [0.15, 0.2) is 0 Å². The minimum Gasteiger partial charge on any atom is -0.444 e. The molecule has 2 unspecified atom stereocenters. The number of imide groups is 1. The van der Waals surface area contributed by atoms with Crippen LogP contribution in [0.3, 0.4) is 0 Å². The van der Waals surface area contributed by atoms with E-state index in [-0.39, 0.29) is 17.9 Å². The second-order valence-corrected chi connectivity index (χ2v) is 7.61. The van der Waals surface area contributed by atoms with E-state index in [1.165, 1.54) is 7.05 Å². The fourth-order valence-corrected chi connectivity index (χ4v) is 2.84. The summed E-state index contributed by atoms with van der Waals surface area (Å²) in [5.41, 5.74) is -0.517. The zero-order valence-electron chi connectivity index (χ0n) is 16.2. The molecule has 0 aromatic carbocycles. The third kappa shape index (κ3) is 7.29. The maximum absolute atomic E-state index is 12.1. The summed E-state index contributed by atoms with van der Waals surface area (Å²) in [5, 5.41) is 4.68. The smallest absolute Gasteiger partial charge is 0.410 e. The number of carbonyl (C=O) groups excluding carboxylic acids is 3. The lowest BCUT2D eigenvalue weighted by Gasteiger charge is -2.37. The molecule has 1 aliphatic rings. The average Bonchev–Trinajstić information content (AvgIpc) is 2.52. The number of hydrogen-bond acceptors (Lipinski definition) is 5. The molecule has 0 saturated carbocycles. The van der Waals surface area contributed by atoms with Crippen LogP contribution in [0.2, 0.25) is 0 Å². The molecule has 0 aromatic heterocycles. The number of nitrogens with zero attached hydrogens (tertiary/aromatic N) is 2. The molecule has 144 valence electrons. The van der Waals surface area contributed by atoms with Crippen LogP contribution >= 0.6 is 0 Å². The summed E-state index contributed by atoms with van der Waals surface area (Å²) in [6.07, 6.45) is 1.60. The Morgan fingerprint density at radius 3 is 2.52 bits per heavy atom. The van der Waals surface area contributed by atoms with Crippen molar-refractivity contribution >= 4 is 18.0 Å². The molecule has 0 radical (unpaired) electrons. The Balaban J connectivity index is 2.55. The Hall–Kier alpha value is -1.83. The van der Waals surface area contributed by atoms with Crippen LogP contribution in [0, 0.1) is 5.92 Å². The molecule has 8 nitrogen and oxygen atoms in total. The second kappa shape index (κ2) is 9.03. The van der Waals surface area contributed by atoms with Crippen LogP contribution in [-0.2, 0) is 9.53 Å². The van der Waals surface area contributed by atoms with E-state index in [4.69, 9.17) is 4.74 Å². The van der Waals surface area contributed by atoms with Crippen LogP contribution < -0.4 is 10.6 Å². The molecule has 0 aliphatic carbocycles. The van der Waals surface area contributed by atoms with E-state index in [0.29, 0.717) is 13.1 Å². The van der Waals surface area contributed by atoms with Gasteiger partial charge in [-0.3, -0.25) is 15.0 Å². The lowest BCUT2D eigenvalue weighted by molar-refractivity contribution is -0.125. The van der Waals surface area contributed by atoms with Gasteiger partial charge in [-0.2, -0.15) is 0 Å². The van der Waals surface area contributed by atoms with Crippen LogP contribution in [0.4, 0.5) is 9.59 Å². The predicted molar refractivity (Wildman–Crippen MR) is 95.2 cm³/mol. The van der Waals surface area contributed by atoms with E-state index in [9.17, 15) is 14.4 Å². The van der Waals surface area contributed by atoms with Gasteiger partial charge in [0.05, 0.1) is 6.04 Å². The average molecular weight is 356 g/mol. The number of amides is 4. The van der Waals surface area contributed by atoms with E-state index in [1.54, 1.807) is 18.9 Å². The summed E-state index contributed by atoms with van der Waals surface area (Å²) in [5.74, 6) is -0.0537. The van der Waals surface area contributed by atoms with Crippen molar-refractivity contribution in [2.45, 2.75) is 52.2 Å². The minimum absolute atomic E-state index is 0.265. The first-order valence-corrected chi connectivity index (χ1v) is 8.74. The third-order valence-electron chi connectivity index (χ3n) is 4.18. The highest BCUT2D eigenvalue weighted by molar-refractivity contribution is 5.96. The topological polar surface area (TPSA) is 91.0 Å². The van der Waals surface area contributed by atoms with Gasteiger partial charge < -0.3 is 15.0 Å². The molecule has 2 N–H and O–H groups in total. The first-order chi connectivity index (χ1) is 11.5. The van der Waals surface area contributed by atoms with Crippen molar-refractivity contribution in [1.82, 2.24) is 20.4 Å². The zero-order chi connectivity index (χ0) is 19.2. The SMILES string of the molecule is CNC(=O)NC(=O)C(C)N1CCCC(CN(C)C(=O)OC(C)(C)C)C1. The molecule has 1 saturated heterocycles. The third-order valence-corrected chi connectivity index (χ3v) is 4.18. The van der Waals surface area contributed by atoms with Crippen molar-refractivity contribution in [1.29, 1.82) is 0 Å². The largest absolute Gasteiger partial charge is 0.444 e. The molecule has 1 rings (SSSR count). The van der Waals surface area contributed by atoms with Crippen LogP contribution in [-0.4, -0.2) is 73.2 Å². The first kappa shape index (κ1) is 21.2. The van der Waals surface area contributed by atoms with Crippen molar-refractivity contribution in [3.63, 3.8) is 0 Å². The summed E-state index contributed by atoms with van der Waals surface area (Å²) >= 11 is 0. The van der Waals surface area contributed by atoms with E-state index in [1.807, 2.05) is 20.8 Å². The molecule has 2 atom stereocenters. The maximum atomic E-state index is 12.1. The van der Waals surface area contributed by atoms with Crippen molar-refractivity contribution < 1.29 is 19.1 Å². The quantitative estimate of drug-likeness (QED) is 0.795. The molecule has 1 heterocycles. The van der Waals surface area contributed by atoms with Crippen molar-refractivity contribution in [2.75, 3.05) is 33.7 Å². The van der Waals surface area contributed by atoms with Crippen LogP contribution in [0.25, 0.3) is 0 Å². The second-order valence-electron chi connectivity index (χ2n) is 7.61. The van der Waals surface area contributed by atoms with E-state index < -0.39 is 17.7 Å². The number of nitrogens with one attached hydrogen (secondary N) is 2. The van der Waals surface area contributed by atoms with Crippen LogP contribution in [0.1, 0.15) is 40.5 Å². The van der Waals surface area contributed by atoms with Gasteiger partial charge in [0.1, 0.15) is 5.60 Å². The Bertz CT molecular complexity index is 490. The highest BCUT2D eigenvalue weighted by atomic mass is 16.6. The van der Waals surface area contributed by atoms with Gasteiger partial charge in [0, 0.05) is 27.2 Å². The molecule has 0 bridgehead atoms. The molecule has 1 fully saturated rings. The molecule has 8 heteroatoms. The number of likely N-dealkylation sites (tertiary alicyclic amines) is 1. The molecule has 0 aromatic rings. The van der Waals surface area contributed by atoms with Crippen molar-refractivity contribution in [3.8, 4) is 0 Å². The summed E-state index contributed by atoms with van der Waals surface area (Å²) in [7, 11) is 3.20. The molecule has 25 heavy (non-hydrogen) atoms. The number of rotatable bonds is 4. The number of urea groups is 1. The molecule has 4 amide bonds. The number of ether oxygens (including phenoxy) is 1. The fourth-order valence-electron chi connectivity index (χ4n) is 2.84. The van der Waals surface area contributed by atoms with Crippen molar-refractivity contribution in [3.05, 3.63) is 0 Å². The monoisotopic (exact) mass is 356 g/mol. The van der Waals surface area contributed by atoms with Crippen LogP contribution in [0.15, 0.2) is 0 Å². The molecule has 1 aliphatic heterocycles. The minimum atomic E-state index is -0.517. The number of carbonyl (C=O) groups is 3. The van der Waals surface area contributed by atoms with E-state index >= 15 is 0 Å². The number of hydrogen-bond donors (Lipinski definition) is 2. The maximum Gasteiger partial charge on any atom is 0.410 e. The van der Waals surface area contributed by atoms with Gasteiger partial charge in [-0.25, -0.2) is 9.59 Å². The first-order valence-electron chi connectivity index (χ1n) is 8.74. The van der Waals surface area contributed by atoms with Gasteiger partial charge in [0.25, 0.3) is 0 Å². The highest BCUT2D eigenvalue weighted by Crippen LogP contribution is 2.20. The Labute approximate surface area is 150 Å². The normalized spacial score (nSPS) is 19.7. The van der Waals surface area contributed by atoms with Crippen molar-refractivity contribution in [2.24, 2.45) is 5.92 Å². The lowest BCUT2D eigenvalue weighted by atomic mass is 9.96. The Morgan fingerprint density at radius 1 is 1.32 bits per heavy atom. The highest BCUT2D eigenvalue weighted by Gasteiger charge is 2.30. The van der Waals surface area contributed by atoms with Gasteiger partial charge in [-0.05, 0) is 53.0 Å².